The molecular weight excluding hydrogens is 388 g/mol. The summed E-state index contributed by atoms with van der Waals surface area (Å²) in [5.41, 5.74) is 1.07. The molecule has 4 rings (SSSR count). The Hall–Kier alpha value is -2.61. The first kappa shape index (κ1) is 19.7. The second-order valence-corrected chi connectivity index (χ2v) is 7.60. The van der Waals surface area contributed by atoms with Crippen LogP contribution < -0.4 is 10.1 Å². The van der Waals surface area contributed by atoms with Crippen LogP contribution in [0.25, 0.3) is 0 Å². The van der Waals surface area contributed by atoms with E-state index in [-0.39, 0.29) is 11.4 Å². The van der Waals surface area contributed by atoms with E-state index < -0.39 is 18.0 Å². The molecule has 1 amide bonds. The van der Waals surface area contributed by atoms with Crippen molar-refractivity contribution in [1.82, 2.24) is 10.2 Å². The Morgan fingerprint density at radius 2 is 1.83 bits per heavy atom. The number of amides is 1. The maximum Gasteiger partial charge on any atom is 0.573 e. The van der Waals surface area contributed by atoms with Gasteiger partial charge in [0.15, 0.2) is 0 Å². The fourth-order valence-electron chi connectivity index (χ4n) is 4.21. The zero-order valence-corrected chi connectivity index (χ0v) is 15.5. The van der Waals surface area contributed by atoms with Crippen LogP contribution in [0, 0.1) is 23.6 Å². The van der Waals surface area contributed by atoms with E-state index in [4.69, 9.17) is 0 Å². The highest BCUT2D eigenvalue weighted by Gasteiger charge is 2.55. The van der Waals surface area contributed by atoms with Crippen molar-refractivity contribution in [2.24, 2.45) is 17.8 Å². The minimum atomic E-state index is -4.79. The smallest absolute Gasteiger partial charge is 0.406 e. The van der Waals surface area contributed by atoms with Gasteiger partial charge in [0.25, 0.3) is 5.91 Å². The molecule has 1 aliphatic heterocycles. The Morgan fingerprint density at radius 3 is 2.52 bits per heavy atom. The number of likely N-dealkylation sites (tertiary alicyclic amines) is 1. The van der Waals surface area contributed by atoms with Crippen LogP contribution in [-0.2, 0) is 6.54 Å². The lowest BCUT2D eigenvalue weighted by Crippen LogP contribution is -2.30. The molecule has 2 atom stereocenters. The van der Waals surface area contributed by atoms with Crippen LogP contribution in [0.4, 0.5) is 17.6 Å². The van der Waals surface area contributed by atoms with Gasteiger partial charge in [-0.25, -0.2) is 4.39 Å². The number of piperidine rings is 1. The lowest BCUT2D eigenvalue weighted by Gasteiger charge is -2.19. The predicted octanol–water partition coefficient (Wildman–Crippen LogP) is 3.83. The number of nitrogens with zero attached hydrogens (tertiary/aromatic N) is 1. The van der Waals surface area contributed by atoms with Crippen LogP contribution >= 0.6 is 0 Å². The van der Waals surface area contributed by atoms with Crippen LogP contribution in [0.3, 0.4) is 0 Å². The molecule has 154 valence electrons. The molecule has 1 aliphatic carbocycles. The molecule has 1 saturated heterocycles. The maximum atomic E-state index is 13.3. The summed E-state index contributed by atoms with van der Waals surface area (Å²) in [6.07, 6.45) is -4.79. The molecule has 2 aromatic carbocycles. The number of fused-ring (bicyclic) bond motifs is 1. The molecule has 2 fully saturated rings. The molecule has 0 aromatic heterocycles. The van der Waals surface area contributed by atoms with Crippen molar-refractivity contribution in [2.45, 2.75) is 12.9 Å². The number of benzene rings is 2. The fourth-order valence-corrected chi connectivity index (χ4v) is 4.21. The van der Waals surface area contributed by atoms with Gasteiger partial charge in [-0.1, -0.05) is 18.2 Å². The van der Waals surface area contributed by atoms with Crippen LogP contribution in [0.1, 0.15) is 15.9 Å². The highest BCUT2D eigenvalue weighted by molar-refractivity contribution is 5.94. The van der Waals surface area contributed by atoms with Gasteiger partial charge >= 0.3 is 6.36 Å². The minimum Gasteiger partial charge on any atom is -0.406 e. The average molecular weight is 408 g/mol. The number of halogens is 4. The van der Waals surface area contributed by atoms with Gasteiger partial charge in [-0.2, -0.15) is 0 Å². The molecule has 2 aliphatic rings. The van der Waals surface area contributed by atoms with Crippen molar-refractivity contribution >= 4 is 5.91 Å². The molecule has 2 unspecified atom stereocenters. The van der Waals surface area contributed by atoms with Crippen molar-refractivity contribution in [2.75, 3.05) is 19.6 Å². The quantitative estimate of drug-likeness (QED) is 0.739. The molecule has 29 heavy (non-hydrogen) atoms. The molecule has 0 radical (unpaired) electrons. The molecule has 1 saturated carbocycles. The number of rotatable bonds is 6. The summed E-state index contributed by atoms with van der Waals surface area (Å²) < 4.78 is 54.1. The first-order valence-electron chi connectivity index (χ1n) is 9.39. The summed E-state index contributed by atoms with van der Waals surface area (Å²) in [7, 11) is 0. The van der Waals surface area contributed by atoms with Gasteiger partial charge in [0, 0.05) is 31.7 Å². The number of alkyl halides is 3. The van der Waals surface area contributed by atoms with Gasteiger partial charge in [-0.3, -0.25) is 9.69 Å². The summed E-state index contributed by atoms with van der Waals surface area (Å²) >= 11 is 0. The molecule has 0 bridgehead atoms. The lowest BCUT2D eigenvalue weighted by atomic mass is 10.1. The van der Waals surface area contributed by atoms with Gasteiger partial charge < -0.3 is 10.1 Å². The van der Waals surface area contributed by atoms with E-state index in [0.29, 0.717) is 30.8 Å². The van der Waals surface area contributed by atoms with Gasteiger partial charge in [0.2, 0.25) is 0 Å². The molecule has 8 heteroatoms. The zero-order valence-electron chi connectivity index (χ0n) is 15.5. The number of hydrogen-bond donors (Lipinski definition) is 1. The number of nitrogens with one attached hydrogen (secondary N) is 1. The van der Waals surface area contributed by atoms with Crippen molar-refractivity contribution in [3.05, 3.63) is 65.5 Å². The fraction of sp³-hybridized carbons (Fsp3) is 0.381. The number of ether oxygens (including phenoxy) is 1. The highest BCUT2D eigenvalue weighted by Crippen LogP contribution is 2.51. The largest absolute Gasteiger partial charge is 0.573 e. The highest BCUT2D eigenvalue weighted by atomic mass is 19.4. The summed E-state index contributed by atoms with van der Waals surface area (Å²) in [6, 6.07) is 11.6. The number of carbonyl (C=O) groups excluding carboxylic acids is 1. The van der Waals surface area contributed by atoms with Crippen LogP contribution in [-0.4, -0.2) is 36.8 Å². The molecule has 0 spiro atoms. The molecular formula is C21H20F4N2O2. The van der Waals surface area contributed by atoms with E-state index in [0.717, 1.165) is 30.8 Å². The van der Waals surface area contributed by atoms with E-state index in [1.54, 1.807) is 6.07 Å². The zero-order chi connectivity index (χ0) is 20.6. The normalized spacial score (nSPS) is 23.5. The second kappa shape index (κ2) is 7.67. The average Bonchev–Trinajstić information content (AvgIpc) is 3.10. The van der Waals surface area contributed by atoms with E-state index in [2.05, 4.69) is 15.0 Å². The van der Waals surface area contributed by atoms with E-state index in [1.165, 1.54) is 24.3 Å². The van der Waals surface area contributed by atoms with Gasteiger partial charge in [-0.15, -0.1) is 13.2 Å². The monoisotopic (exact) mass is 408 g/mol. The van der Waals surface area contributed by atoms with Crippen molar-refractivity contribution in [3.8, 4) is 5.75 Å². The Labute approximate surface area is 165 Å². The van der Waals surface area contributed by atoms with Crippen LogP contribution in [0.5, 0.6) is 5.75 Å². The van der Waals surface area contributed by atoms with Gasteiger partial charge in [0.1, 0.15) is 11.6 Å². The summed E-state index contributed by atoms with van der Waals surface area (Å²) in [5.74, 6) is 0.280. The van der Waals surface area contributed by atoms with Crippen molar-refractivity contribution in [3.63, 3.8) is 0 Å². The number of hydrogen-bond acceptors (Lipinski definition) is 3. The third kappa shape index (κ3) is 4.87. The Balaban J connectivity index is 1.24. The Bertz CT molecular complexity index is 890. The van der Waals surface area contributed by atoms with Crippen molar-refractivity contribution < 1.29 is 27.1 Å². The van der Waals surface area contributed by atoms with E-state index in [1.807, 2.05) is 6.07 Å². The topological polar surface area (TPSA) is 41.6 Å². The third-order valence-electron chi connectivity index (χ3n) is 5.57. The van der Waals surface area contributed by atoms with E-state index in [9.17, 15) is 22.4 Å². The summed E-state index contributed by atoms with van der Waals surface area (Å²) in [4.78, 5) is 14.5. The predicted molar refractivity (Wildman–Crippen MR) is 97.6 cm³/mol. The Morgan fingerprint density at radius 1 is 1.10 bits per heavy atom. The first-order valence-corrected chi connectivity index (χ1v) is 9.39. The standard InChI is InChI=1S/C21H20F4N2O2/c22-15-5-1-3-13(7-15)10-27-11-18-17(19(18)12-27)9-26-20(28)14-4-2-6-16(8-14)29-21(23,24)25/h1-8,17-19H,9-12H2,(H,26,28). The van der Waals surface area contributed by atoms with Gasteiger partial charge in [-0.05, 0) is 53.6 Å². The number of carbonyl (C=O) groups is 1. The molecule has 2 aromatic rings. The van der Waals surface area contributed by atoms with Gasteiger partial charge in [0.05, 0.1) is 0 Å². The van der Waals surface area contributed by atoms with Crippen LogP contribution in [0.15, 0.2) is 48.5 Å². The summed E-state index contributed by atoms with van der Waals surface area (Å²) in [6.45, 7) is 3.00. The molecule has 1 N–H and O–H groups in total. The second-order valence-electron chi connectivity index (χ2n) is 7.60. The minimum absolute atomic E-state index is 0.130. The Kier molecular flexibility index (Phi) is 5.21. The maximum absolute atomic E-state index is 13.3. The first-order chi connectivity index (χ1) is 13.8. The van der Waals surface area contributed by atoms with E-state index >= 15 is 0 Å². The van der Waals surface area contributed by atoms with Crippen molar-refractivity contribution in [1.29, 1.82) is 0 Å². The molecule has 4 nitrogen and oxygen atoms in total. The third-order valence-corrected chi connectivity index (χ3v) is 5.57. The van der Waals surface area contributed by atoms with Crippen LogP contribution in [0.2, 0.25) is 0 Å². The molecule has 1 heterocycles. The lowest BCUT2D eigenvalue weighted by molar-refractivity contribution is -0.274. The summed E-state index contributed by atoms with van der Waals surface area (Å²) in [5, 5.41) is 2.81. The SMILES string of the molecule is O=C(NCC1C2CN(Cc3cccc(F)c3)CC12)c1cccc(OC(F)(F)F)c1.